The van der Waals surface area contributed by atoms with Crippen LogP contribution in [-0.2, 0) is 0 Å². The molecule has 0 nitrogen and oxygen atoms in total. The highest BCUT2D eigenvalue weighted by atomic mass is 35.5. The molecule has 0 spiro atoms. The molecular formula is C11H22Cl2. The van der Waals surface area contributed by atoms with E-state index in [0.717, 1.165) is 11.8 Å². The molecule has 0 aromatic carbocycles. The zero-order chi connectivity index (χ0) is 10.2. The highest BCUT2D eigenvalue weighted by Crippen LogP contribution is 2.33. The summed E-state index contributed by atoms with van der Waals surface area (Å²) in [4.78, 5) is 0. The van der Waals surface area contributed by atoms with Crippen LogP contribution in [0, 0.1) is 5.41 Å². The molecule has 0 atom stereocenters. The first kappa shape index (κ1) is 13.6. The lowest BCUT2D eigenvalue weighted by Crippen LogP contribution is -2.25. The summed E-state index contributed by atoms with van der Waals surface area (Å²) >= 11 is 12.0. The maximum absolute atomic E-state index is 6.01. The van der Waals surface area contributed by atoms with E-state index in [1.165, 1.54) is 38.5 Å². The molecule has 0 heterocycles. The minimum Gasteiger partial charge on any atom is -0.126 e. The first-order valence-corrected chi connectivity index (χ1v) is 6.43. The van der Waals surface area contributed by atoms with Gasteiger partial charge in [-0.25, -0.2) is 0 Å². The molecule has 0 fully saturated rings. The van der Waals surface area contributed by atoms with E-state index in [4.69, 9.17) is 23.2 Å². The fraction of sp³-hybridized carbons (Fsp3) is 1.00. The standard InChI is InChI=1S/C11H22Cl2/c1-3-5-7-11(9-12,10-13)8-6-4-2/h3-10H2,1-2H3. The van der Waals surface area contributed by atoms with Gasteiger partial charge >= 0.3 is 0 Å². The Morgan fingerprint density at radius 2 is 1.23 bits per heavy atom. The van der Waals surface area contributed by atoms with E-state index < -0.39 is 0 Å². The van der Waals surface area contributed by atoms with Gasteiger partial charge in [0, 0.05) is 11.8 Å². The van der Waals surface area contributed by atoms with Gasteiger partial charge in [0.2, 0.25) is 0 Å². The first-order valence-electron chi connectivity index (χ1n) is 5.36. The van der Waals surface area contributed by atoms with Crippen molar-refractivity contribution in [2.75, 3.05) is 11.8 Å². The van der Waals surface area contributed by atoms with E-state index >= 15 is 0 Å². The summed E-state index contributed by atoms with van der Waals surface area (Å²) in [5.74, 6) is 1.44. The lowest BCUT2D eigenvalue weighted by Gasteiger charge is -2.29. The molecule has 0 saturated heterocycles. The molecule has 0 aliphatic carbocycles. The SMILES string of the molecule is CCCCC(CCl)(CCl)CCCC. The molecule has 0 rings (SSSR count). The van der Waals surface area contributed by atoms with E-state index in [0.29, 0.717) is 0 Å². The molecule has 80 valence electrons. The number of hydrogen-bond acceptors (Lipinski definition) is 0. The van der Waals surface area contributed by atoms with E-state index in [1.807, 2.05) is 0 Å². The first-order chi connectivity index (χ1) is 6.24. The zero-order valence-corrected chi connectivity index (χ0v) is 10.4. The number of unbranched alkanes of at least 4 members (excludes halogenated alkanes) is 2. The molecule has 13 heavy (non-hydrogen) atoms. The smallest absolute Gasteiger partial charge is 0.0291 e. The van der Waals surface area contributed by atoms with Crippen molar-refractivity contribution in [1.82, 2.24) is 0 Å². The van der Waals surface area contributed by atoms with Gasteiger partial charge < -0.3 is 0 Å². The van der Waals surface area contributed by atoms with Crippen LogP contribution in [-0.4, -0.2) is 11.8 Å². The molecule has 0 aliphatic heterocycles. The van der Waals surface area contributed by atoms with E-state index in [2.05, 4.69) is 13.8 Å². The Morgan fingerprint density at radius 3 is 1.46 bits per heavy atom. The zero-order valence-electron chi connectivity index (χ0n) is 8.91. The third-order valence-corrected chi connectivity index (χ3v) is 3.82. The quantitative estimate of drug-likeness (QED) is 0.519. The van der Waals surface area contributed by atoms with Crippen LogP contribution in [0.5, 0.6) is 0 Å². The van der Waals surface area contributed by atoms with Gasteiger partial charge in [-0.05, 0) is 18.3 Å². The highest BCUT2D eigenvalue weighted by molar-refractivity contribution is 6.21. The normalized spacial score (nSPS) is 12.0. The monoisotopic (exact) mass is 224 g/mol. The Hall–Kier alpha value is 0.580. The molecule has 2 heteroatoms. The second-order valence-corrected chi connectivity index (χ2v) is 4.51. The lowest BCUT2D eigenvalue weighted by molar-refractivity contribution is 0.299. The van der Waals surface area contributed by atoms with Crippen LogP contribution in [0.4, 0.5) is 0 Å². The molecule has 0 saturated carbocycles. The number of hydrogen-bond donors (Lipinski definition) is 0. The van der Waals surface area contributed by atoms with Crippen LogP contribution in [0.1, 0.15) is 52.4 Å². The van der Waals surface area contributed by atoms with Crippen LogP contribution in [0.25, 0.3) is 0 Å². The molecule has 0 aliphatic rings. The Morgan fingerprint density at radius 1 is 0.846 bits per heavy atom. The summed E-state index contributed by atoms with van der Waals surface area (Å²) in [6, 6.07) is 0. The predicted molar refractivity (Wildman–Crippen MR) is 62.9 cm³/mol. The fourth-order valence-corrected chi connectivity index (χ4v) is 2.35. The molecule has 0 amide bonds. The van der Waals surface area contributed by atoms with Gasteiger partial charge in [0.25, 0.3) is 0 Å². The van der Waals surface area contributed by atoms with Crippen molar-refractivity contribution in [3.8, 4) is 0 Å². The van der Waals surface area contributed by atoms with Crippen molar-refractivity contribution >= 4 is 23.2 Å². The van der Waals surface area contributed by atoms with E-state index in [9.17, 15) is 0 Å². The molecule has 0 aromatic rings. The topological polar surface area (TPSA) is 0 Å². The summed E-state index contributed by atoms with van der Waals surface area (Å²) < 4.78 is 0. The maximum Gasteiger partial charge on any atom is 0.0291 e. The molecule has 0 N–H and O–H groups in total. The van der Waals surface area contributed by atoms with Gasteiger partial charge in [0.15, 0.2) is 0 Å². The van der Waals surface area contributed by atoms with Crippen LogP contribution in [0.2, 0.25) is 0 Å². The average molecular weight is 225 g/mol. The Kier molecular flexibility index (Phi) is 8.29. The summed E-state index contributed by atoms with van der Waals surface area (Å²) in [5.41, 5.74) is 0.217. The summed E-state index contributed by atoms with van der Waals surface area (Å²) in [6.45, 7) is 4.43. The molecule has 0 unspecified atom stereocenters. The van der Waals surface area contributed by atoms with Crippen molar-refractivity contribution in [3.63, 3.8) is 0 Å². The summed E-state index contributed by atoms with van der Waals surface area (Å²) in [5, 5.41) is 0. The number of rotatable bonds is 8. The fourth-order valence-electron chi connectivity index (χ4n) is 1.53. The minimum atomic E-state index is 0.217. The van der Waals surface area contributed by atoms with Crippen molar-refractivity contribution in [3.05, 3.63) is 0 Å². The van der Waals surface area contributed by atoms with Crippen LogP contribution >= 0.6 is 23.2 Å². The van der Waals surface area contributed by atoms with Crippen molar-refractivity contribution < 1.29 is 0 Å². The Balaban J connectivity index is 3.97. The van der Waals surface area contributed by atoms with E-state index in [1.54, 1.807) is 0 Å². The second-order valence-electron chi connectivity index (χ2n) is 3.97. The molecular weight excluding hydrogens is 203 g/mol. The second kappa shape index (κ2) is 7.94. The van der Waals surface area contributed by atoms with Crippen molar-refractivity contribution in [2.45, 2.75) is 52.4 Å². The third kappa shape index (κ3) is 5.12. The number of alkyl halides is 2. The van der Waals surface area contributed by atoms with Gasteiger partial charge in [-0.15, -0.1) is 23.2 Å². The van der Waals surface area contributed by atoms with Crippen molar-refractivity contribution in [1.29, 1.82) is 0 Å². The maximum atomic E-state index is 6.01. The minimum absolute atomic E-state index is 0.217. The summed E-state index contributed by atoms with van der Waals surface area (Å²) in [7, 11) is 0. The molecule has 0 radical (unpaired) electrons. The van der Waals surface area contributed by atoms with Gasteiger partial charge in [0.1, 0.15) is 0 Å². The van der Waals surface area contributed by atoms with Gasteiger partial charge in [-0.3, -0.25) is 0 Å². The lowest BCUT2D eigenvalue weighted by atomic mass is 9.82. The number of halogens is 2. The Labute approximate surface area is 93.0 Å². The van der Waals surface area contributed by atoms with Gasteiger partial charge in [0.05, 0.1) is 0 Å². The van der Waals surface area contributed by atoms with Crippen LogP contribution < -0.4 is 0 Å². The van der Waals surface area contributed by atoms with Crippen molar-refractivity contribution in [2.24, 2.45) is 5.41 Å². The third-order valence-electron chi connectivity index (χ3n) is 2.69. The van der Waals surface area contributed by atoms with Crippen LogP contribution in [0.15, 0.2) is 0 Å². The molecule has 0 bridgehead atoms. The van der Waals surface area contributed by atoms with Gasteiger partial charge in [-0.1, -0.05) is 39.5 Å². The van der Waals surface area contributed by atoms with E-state index in [-0.39, 0.29) is 5.41 Å². The largest absolute Gasteiger partial charge is 0.126 e. The summed E-state index contributed by atoms with van der Waals surface area (Å²) in [6.07, 6.45) is 7.36. The highest BCUT2D eigenvalue weighted by Gasteiger charge is 2.26. The predicted octanol–water partition coefficient (Wildman–Crippen LogP) is 4.83. The average Bonchev–Trinajstić information content (AvgIpc) is 2.20. The molecule has 0 aromatic heterocycles. The Bertz CT molecular complexity index is 98.7. The van der Waals surface area contributed by atoms with Crippen LogP contribution in [0.3, 0.4) is 0 Å². The van der Waals surface area contributed by atoms with Gasteiger partial charge in [-0.2, -0.15) is 0 Å².